The number of anilines is 1. The summed E-state index contributed by atoms with van der Waals surface area (Å²) in [5.74, 6) is 0.300. The number of hydrogen-bond donors (Lipinski definition) is 2. The molecule has 0 radical (unpaired) electrons. The van der Waals surface area contributed by atoms with Crippen LogP contribution in [0.4, 0.5) is 5.69 Å². The molecular formula is C16H16N2O3. The van der Waals surface area contributed by atoms with Gasteiger partial charge in [-0.2, -0.15) is 0 Å². The zero-order valence-electron chi connectivity index (χ0n) is 11.6. The smallest absolute Gasteiger partial charge is 0.262 e. The average Bonchev–Trinajstić information content (AvgIpc) is 2.46. The Morgan fingerprint density at radius 1 is 1.29 bits per heavy atom. The van der Waals surface area contributed by atoms with E-state index in [0.29, 0.717) is 11.3 Å². The van der Waals surface area contributed by atoms with Gasteiger partial charge < -0.3 is 15.3 Å². The number of rotatable bonds is 5. The SMILES string of the molecule is Cc1cccc(NC(=O)COc2cccc(/C=N/O)c2)c1. The maximum absolute atomic E-state index is 11.8. The molecule has 108 valence electrons. The Morgan fingerprint density at radius 3 is 2.86 bits per heavy atom. The molecule has 2 rings (SSSR count). The van der Waals surface area contributed by atoms with Gasteiger partial charge in [-0.15, -0.1) is 0 Å². The fraction of sp³-hybridized carbons (Fsp3) is 0.125. The number of nitrogens with one attached hydrogen (secondary N) is 1. The van der Waals surface area contributed by atoms with Crippen LogP contribution < -0.4 is 10.1 Å². The Kier molecular flexibility index (Phi) is 4.93. The summed E-state index contributed by atoms with van der Waals surface area (Å²) in [6.45, 7) is 1.87. The van der Waals surface area contributed by atoms with Crippen LogP contribution in [0.3, 0.4) is 0 Å². The van der Waals surface area contributed by atoms with E-state index in [1.54, 1.807) is 24.3 Å². The summed E-state index contributed by atoms with van der Waals surface area (Å²) in [5.41, 5.74) is 2.50. The number of aryl methyl sites for hydroxylation is 1. The summed E-state index contributed by atoms with van der Waals surface area (Å²) in [5, 5.41) is 14.2. The van der Waals surface area contributed by atoms with E-state index in [1.807, 2.05) is 31.2 Å². The van der Waals surface area contributed by atoms with Crippen molar-refractivity contribution in [3.05, 3.63) is 59.7 Å². The number of benzene rings is 2. The van der Waals surface area contributed by atoms with Gasteiger partial charge in [0.05, 0.1) is 6.21 Å². The fourth-order valence-corrected chi connectivity index (χ4v) is 1.82. The molecular weight excluding hydrogens is 268 g/mol. The molecule has 2 aromatic rings. The van der Waals surface area contributed by atoms with Gasteiger partial charge in [-0.1, -0.05) is 29.4 Å². The molecule has 0 unspecified atom stereocenters. The van der Waals surface area contributed by atoms with Crippen molar-refractivity contribution in [2.75, 3.05) is 11.9 Å². The molecule has 0 heterocycles. The topological polar surface area (TPSA) is 70.9 Å². The number of amides is 1. The minimum absolute atomic E-state index is 0.0896. The van der Waals surface area contributed by atoms with Gasteiger partial charge in [-0.3, -0.25) is 4.79 Å². The molecule has 0 bridgehead atoms. The lowest BCUT2D eigenvalue weighted by Gasteiger charge is -2.08. The molecule has 0 aliphatic rings. The number of carbonyl (C=O) groups is 1. The normalized spacial score (nSPS) is 10.5. The van der Waals surface area contributed by atoms with E-state index in [-0.39, 0.29) is 12.5 Å². The third-order valence-corrected chi connectivity index (χ3v) is 2.74. The van der Waals surface area contributed by atoms with Crippen molar-refractivity contribution >= 4 is 17.8 Å². The quantitative estimate of drug-likeness (QED) is 0.504. The van der Waals surface area contributed by atoms with Crippen LogP contribution in [0.15, 0.2) is 53.7 Å². The first-order valence-corrected chi connectivity index (χ1v) is 6.44. The van der Waals surface area contributed by atoms with Gasteiger partial charge in [-0.05, 0) is 42.3 Å². The van der Waals surface area contributed by atoms with Crippen LogP contribution in [0.2, 0.25) is 0 Å². The molecule has 0 aliphatic heterocycles. The predicted octanol–water partition coefficient (Wildman–Crippen LogP) is 2.82. The number of ether oxygens (including phenoxy) is 1. The van der Waals surface area contributed by atoms with Crippen molar-refractivity contribution < 1.29 is 14.7 Å². The van der Waals surface area contributed by atoms with E-state index >= 15 is 0 Å². The lowest BCUT2D eigenvalue weighted by molar-refractivity contribution is -0.118. The van der Waals surface area contributed by atoms with Gasteiger partial charge in [0.2, 0.25) is 0 Å². The van der Waals surface area contributed by atoms with Crippen LogP contribution in [-0.2, 0) is 4.79 Å². The molecule has 0 fully saturated rings. The highest BCUT2D eigenvalue weighted by Gasteiger charge is 2.04. The zero-order chi connectivity index (χ0) is 15.1. The Morgan fingerprint density at radius 2 is 2.10 bits per heavy atom. The first kappa shape index (κ1) is 14.6. The van der Waals surface area contributed by atoms with Crippen LogP contribution in [0.25, 0.3) is 0 Å². The lowest BCUT2D eigenvalue weighted by atomic mass is 10.2. The molecule has 21 heavy (non-hydrogen) atoms. The molecule has 1 amide bonds. The average molecular weight is 284 g/mol. The predicted molar refractivity (Wildman–Crippen MR) is 81.1 cm³/mol. The van der Waals surface area contributed by atoms with E-state index in [4.69, 9.17) is 9.94 Å². The maximum atomic E-state index is 11.8. The molecule has 0 aromatic heterocycles. The van der Waals surface area contributed by atoms with Crippen LogP contribution >= 0.6 is 0 Å². The highest BCUT2D eigenvalue weighted by molar-refractivity contribution is 5.92. The largest absolute Gasteiger partial charge is 0.484 e. The van der Waals surface area contributed by atoms with Gasteiger partial charge in [-0.25, -0.2) is 0 Å². The fourth-order valence-electron chi connectivity index (χ4n) is 1.82. The zero-order valence-corrected chi connectivity index (χ0v) is 11.6. The highest BCUT2D eigenvalue weighted by atomic mass is 16.5. The molecule has 0 aliphatic carbocycles. The van der Waals surface area contributed by atoms with Gasteiger partial charge in [0.1, 0.15) is 5.75 Å². The third kappa shape index (κ3) is 4.65. The molecule has 0 saturated carbocycles. The van der Waals surface area contributed by atoms with Crippen LogP contribution in [0.1, 0.15) is 11.1 Å². The Balaban J connectivity index is 1.90. The van der Waals surface area contributed by atoms with E-state index in [0.717, 1.165) is 11.3 Å². The minimum atomic E-state index is -0.234. The summed E-state index contributed by atoms with van der Waals surface area (Å²) in [4.78, 5) is 11.8. The van der Waals surface area contributed by atoms with E-state index in [2.05, 4.69) is 10.5 Å². The van der Waals surface area contributed by atoms with Crippen molar-refractivity contribution in [1.29, 1.82) is 0 Å². The molecule has 2 aromatic carbocycles. The van der Waals surface area contributed by atoms with Crippen molar-refractivity contribution in [1.82, 2.24) is 0 Å². The van der Waals surface area contributed by atoms with Gasteiger partial charge >= 0.3 is 0 Å². The lowest BCUT2D eigenvalue weighted by Crippen LogP contribution is -2.20. The second kappa shape index (κ2) is 7.09. The summed E-state index contributed by atoms with van der Waals surface area (Å²) in [6.07, 6.45) is 1.29. The van der Waals surface area contributed by atoms with Gasteiger partial charge in [0.25, 0.3) is 5.91 Å². The first-order valence-electron chi connectivity index (χ1n) is 6.44. The second-order valence-corrected chi connectivity index (χ2v) is 4.52. The number of nitrogens with zero attached hydrogens (tertiary/aromatic N) is 1. The van der Waals surface area contributed by atoms with Gasteiger partial charge in [0.15, 0.2) is 6.61 Å². The summed E-state index contributed by atoms with van der Waals surface area (Å²) >= 11 is 0. The van der Waals surface area contributed by atoms with Crippen LogP contribution in [0, 0.1) is 6.92 Å². The molecule has 0 spiro atoms. The monoisotopic (exact) mass is 284 g/mol. The maximum Gasteiger partial charge on any atom is 0.262 e. The van der Waals surface area contributed by atoms with E-state index in [9.17, 15) is 4.79 Å². The summed E-state index contributed by atoms with van der Waals surface area (Å²) in [7, 11) is 0. The third-order valence-electron chi connectivity index (χ3n) is 2.74. The summed E-state index contributed by atoms with van der Waals surface area (Å²) < 4.78 is 5.40. The van der Waals surface area contributed by atoms with Crippen molar-refractivity contribution in [2.24, 2.45) is 5.16 Å². The highest BCUT2D eigenvalue weighted by Crippen LogP contribution is 2.13. The Labute approximate surface area is 122 Å². The van der Waals surface area contributed by atoms with Gasteiger partial charge in [0, 0.05) is 5.69 Å². The van der Waals surface area contributed by atoms with Crippen molar-refractivity contribution in [2.45, 2.75) is 6.92 Å². The number of hydrogen-bond acceptors (Lipinski definition) is 4. The van der Waals surface area contributed by atoms with Crippen molar-refractivity contribution in [3.8, 4) is 5.75 Å². The Hall–Kier alpha value is -2.82. The van der Waals surface area contributed by atoms with Crippen LogP contribution in [-0.4, -0.2) is 23.9 Å². The standard InChI is InChI=1S/C16H16N2O3/c1-12-4-2-6-14(8-12)18-16(19)11-21-15-7-3-5-13(9-15)10-17-20/h2-10,20H,11H2,1H3,(H,18,19)/b17-10+. The summed E-state index contributed by atoms with van der Waals surface area (Å²) in [6, 6.07) is 14.5. The molecule has 5 heteroatoms. The number of carbonyl (C=O) groups excluding carboxylic acids is 1. The molecule has 5 nitrogen and oxygen atoms in total. The molecule has 0 saturated heterocycles. The van der Waals surface area contributed by atoms with E-state index in [1.165, 1.54) is 6.21 Å². The Bertz CT molecular complexity index is 653. The van der Waals surface area contributed by atoms with E-state index < -0.39 is 0 Å². The first-order chi connectivity index (χ1) is 10.2. The van der Waals surface area contributed by atoms with Crippen molar-refractivity contribution in [3.63, 3.8) is 0 Å². The molecule has 2 N–H and O–H groups in total. The second-order valence-electron chi connectivity index (χ2n) is 4.52. The molecule has 0 atom stereocenters. The van der Waals surface area contributed by atoms with Crippen LogP contribution in [0.5, 0.6) is 5.75 Å². The minimum Gasteiger partial charge on any atom is -0.484 e. The number of oxime groups is 1.